The average molecular weight is 358 g/mol. The Labute approximate surface area is 151 Å². The third kappa shape index (κ3) is 2.09. The second kappa shape index (κ2) is 5.72. The maximum absolute atomic E-state index is 12.9. The first-order valence-corrected chi connectivity index (χ1v) is 8.80. The van der Waals surface area contributed by atoms with Gasteiger partial charge in [-0.3, -0.25) is 19.7 Å². The lowest BCUT2D eigenvalue weighted by Crippen LogP contribution is -2.40. The van der Waals surface area contributed by atoms with Crippen LogP contribution in [0, 0.1) is 10.8 Å². The Kier molecular flexibility index (Phi) is 3.71. The molecular formula is C19H22N2O5. The number of nitrogens with zero attached hydrogens (tertiary/aromatic N) is 1. The van der Waals surface area contributed by atoms with Crippen LogP contribution >= 0.6 is 0 Å². The van der Waals surface area contributed by atoms with Crippen molar-refractivity contribution in [3.05, 3.63) is 23.8 Å². The molecule has 4 rings (SSSR count). The summed E-state index contributed by atoms with van der Waals surface area (Å²) in [6.45, 7) is 0.643. The number of amides is 3. The molecule has 3 fully saturated rings. The summed E-state index contributed by atoms with van der Waals surface area (Å²) in [6.07, 6.45) is 2.35. The number of likely N-dealkylation sites (tertiary alicyclic amines) is 1. The van der Waals surface area contributed by atoms with Crippen molar-refractivity contribution in [2.24, 2.45) is 10.8 Å². The molecule has 0 spiro atoms. The van der Waals surface area contributed by atoms with E-state index in [4.69, 9.17) is 9.47 Å². The molecule has 1 aromatic rings. The van der Waals surface area contributed by atoms with Crippen LogP contribution in [0.1, 0.15) is 24.8 Å². The van der Waals surface area contributed by atoms with Gasteiger partial charge < -0.3 is 14.4 Å². The second-order valence-electron chi connectivity index (χ2n) is 7.41. The van der Waals surface area contributed by atoms with Gasteiger partial charge in [0.05, 0.1) is 31.5 Å². The highest BCUT2D eigenvalue weighted by Crippen LogP contribution is 2.60. The summed E-state index contributed by atoms with van der Waals surface area (Å²) >= 11 is 0. The molecule has 7 nitrogen and oxygen atoms in total. The van der Waals surface area contributed by atoms with Crippen molar-refractivity contribution in [2.75, 3.05) is 27.3 Å². The summed E-state index contributed by atoms with van der Waals surface area (Å²) in [5.41, 5.74) is -0.709. The Morgan fingerprint density at radius 2 is 1.77 bits per heavy atom. The molecule has 2 atom stereocenters. The zero-order valence-electron chi connectivity index (χ0n) is 15.0. The predicted octanol–water partition coefficient (Wildman–Crippen LogP) is 0.902. The Hall–Kier alpha value is -2.57. The van der Waals surface area contributed by atoms with E-state index in [9.17, 15) is 14.4 Å². The van der Waals surface area contributed by atoms with Crippen LogP contribution in [-0.2, 0) is 20.8 Å². The molecule has 1 N–H and O–H groups in total. The van der Waals surface area contributed by atoms with E-state index in [-0.39, 0.29) is 24.1 Å². The zero-order chi connectivity index (χ0) is 18.5. The van der Waals surface area contributed by atoms with Crippen molar-refractivity contribution in [1.29, 1.82) is 0 Å². The minimum Gasteiger partial charge on any atom is -0.497 e. The van der Waals surface area contributed by atoms with Crippen molar-refractivity contribution in [1.82, 2.24) is 10.2 Å². The van der Waals surface area contributed by atoms with Gasteiger partial charge in [-0.15, -0.1) is 0 Å². The number of nitrogens with one attached hydrogen (secondary N) is 1. The normalized spacial score (nSPS) is 29.4. The van der Waals surface area contributed by atoms with Crippen LogP contribution in [-0.4, -0.2) is 49.9 Å². The smallest absolute Gasteiger partial charge is 0.235 e. The molecule has 3 amide bonds. The minimum atomic E-state index is -0.732. The molecule has 2 unspecified atom stereocenters. The van der Waals surface area contributed by atoms with Crippen molar-refractivity contribution in [3.63, 3.8) is 0 Å². The number of hydrogen-bond acceptors (Lipinski definition) is 5. The molecule has 3 aliphatic rings. The second-order valence-corrected chi connectivity index (χ2v) is 7.41. The monoisotopic (exact) mass is 358 g/mol. The van der Waals surface area contributed by atoms with Gasteiger partial charge in [-0.2, -0.15) is 0 Å². The van der Waals surface area contributed by atoms with Crippen molar-refractivity contribution >= 4 is 17.7 Å². The maximum Gasteiger partial charge on any atom is 0.235 e. The van der Waals surface area contributed by atoms with Crippen LogP contribution in [0.3, 0.4) is 0 Å². The molecule has 7 heteroatoms. The van der Waals surface area contributed by atoms with E-state index in [0.29, 0.717) is 37.4 Å². The van der Waals surface area contributed by atoms with Crippen molar-refractivity contribution in [2.45, 2.75) is 25.7 Å². The third-order valence-electron chi connectivity index (χ3n) is 6.33. The number of hydrogen-bond donors (Lipinski definition) is 1. The van der Waals surface area contributed by atoms with Crippen LogP contribution in [0.25, 0.3) is 0 Å². The fourth-order valence-electron chi connectivity index (χ4n) is 4.94. The number of carbonyl (C=O) groups is 3. The predicted molar refractivity (Wildman–Crippen MR) is 91.7 cm³/mol. The van der Waals surface area contributed by atoms with Gasteiger partial charge >= 0.3 is 0 Å². The lowest BCUT2D eigenvalue weighted by Gasteiger charge is -2.25. The molecule has 138 valence electrons. The number of rotatable bonds is 4. The lowest BCUT2D eigenvalue weighted by molar-refractivity contribution is -0.133. The van der Waals surface area contributed by atoms with Crippen LogP contribution in [0.4, 0.5) is 0 Å². The molecule has 1 saturated carbocycles. The van der Waals surface area contributed by atoms with Crippen LogP contribution in [0.5, 0.6) is 11.5 Å². The van der Waals surface area contributed by atoms with Gasteiger partial charge in [0.1, 0.15) is 11.5 Å². The first-order valence-electron chi connectivity index (χ1n) is 8.80. The van der Waals surface area contributed by atoms with E-state index in [1.807, 2.05) is 6.07 Å². The van der Waals surface area contributed by atoms with E-state index in [1.54, 1.807) is 31.3 Å². The molecular weight excluding hydrogens is 336 g/mol. The Bertz CT molecular complexity index is 777. The summed E-state index contributed by atoms with van der Waals surface area (Å²) < 4.78 is 10.5. The molecule has 2 aliphatic heterocycles. The van der Waals surface area contributed by atoms with Gasteiger partial charge in [-0.1, -0.05) is 12.5 Å². The van der Waals surface area contributed by atoms with E-state index in [0.717, 1.165) is 12.0 Å². The van der Waals surface area contributed by atoms with Gasteiger partial charge in [0.2, 0.25) is 17.7 Å². The quantitative estimate of drug-likeness (QED) is 0.809. The summed E-state index contributed by atoms with van der Waals surface area (Å²) in [4.78, 5) is 39.5. The minimum absolute atomic E-state index is 0.0934. The van der Waals surface area contributed by atoms with E-state index >= 15 is 0 Å². The fourth-order valence-corrected chi connectivity index (χ4v) is 4.94. The van der Waals surface area contributed by atoms with E-state index in [2.05, 4.69) is 5.32 Å². The Balaban J connectivity index is 1.56. The van der Waals surface area contributed by atoms with E-state index in [1.165, 1.54) is 0 Å². The van der Waals surface area contributed by atoms with Gasteiger partial charge in [-0.25, -0.2) is 0 Å². The summed E-state index contributed by atoms with van der Waals surface area (Å²) in [6, 6.07) is 5.33. The summed E-state index contributed by atoms with van der Waals surface area (Å²) in [7, 11) is 3.12. The van der Waals surface area contributed by atoms with Gasteiger partial charge in [0.15, 0.2) is 0 Å². The summed E-state index contributed by atoms with van der Waals surface area (Å²) in [5.74, 6) is 0.726. The Morgan fingerprint density at radius 1 is 1.12 bits per heavy atom. The highest BCUT2D eigenvalue weighted by Gasteiger charge is 2.72. The number of carbonyl (C=O) groups excluding carboxylic acids is 3. The molecule has 1 aliphatic carbocycles. The number of imide groups is 1. The van der Waals surface area contributed by atoms with Crippen molar-refractivity contribution < 1.29 is 23.9 Å². The largest absolute Gasteiger partial charge is 0.497 e. The fraction of sp³-hybridized carbons (Fsp3) is 0.526. The first-order chi connectivity index (χ1) is 12.5. The zero-order valence-corrected chi connectivity index (χ0v) is 15.0. The third-order valence-corrected chi connectivity index (χ3v) is 6.33. The molecule has 0 radical (unpaired) electrons. The Morgan fingerprint density at radius 3 is 2.35 bits per heavy atom. The van der Waals surface area contributed by atoms with Gasteiger partial charge in [-0.05, 0) is 18.9 Å². The summed E-state index contributed by atoms with van der Waals surface area (Å²) in [5, 5.41) is 2.49. The topological polar surface area (TPSA) is 84.9 Å². The van der Waals surface area contributed by atoms with Gasteiger partial charge in [0, 0.05) is 24.7 Å². The van der Waals surface area contributed by atoms with Crippen molar-refractivity contribution in [3.8, 4) is 11.5 Å². The van der Waals surface area contributed by atoms with Crippen LogP contribution in [0.2, 0.25) is 0 Å². The number of methoxy groups -OCH3 is 2. The number of benzene rings is 1. The molecule has 2 saturated heterocycles. The molecule has 0 bridgehead atoms. The standard InChI is InChI=1S/C19H22N2O5/c1-25-13-5-4-12(14(9-13)26-2)8-15(22)21-10-18-6-3-7-19(18,11-21)17(24)20-16(18)23/h4-5,9H,3,6-8,10-11H2,1-2H3,(H,20,23,24). The number of ether oxygens (including phenoxy) is 2. The highest BCUT2D eigenvalue weighted by atomic mass is 16.5. The lowest BCUT2D eigenvalue weighted by atomic mass is 9.70. The first kappa shape index (κ1) is 16.9. The highest BCUT2D eigenvalue weighted by molar-refractivity contribution is 6.11. The molecule has 1 aromatic carbocycles. The molecule has 2 heterocycles. The SMILES string of the molecule is COc1ccc(CC(=O)N2CC34CCCC3(C2)C(=O)NC4=O)c(OC)c1. The molecule has 0 aromatic heterocycles. The van der Waals surface area contributed by atoms with Crippen LogP contribution < -0.4 is 14.8 Å². The van der Waals surface area contributed by atoms with Crippen LogP contribution in [0.15, 0.2) is 18.2 Å². The maximum atomic E-state index is 12.9. The molecule has 26 heavy (non-hydrogen) atoms. The van der Waals surface area contributed by atoms with E-state index < -0.39 is 10.8 Å². The average Bonchev–Trinajstić information content (AvgIpc) is 3.21. The van der Waals surface area contributed by atoms with Gasteiger partial charge in [0.25, 0.3) is 0 Å².